The molecule has 1 unspecified atom stereocenters. The molecule has 1 saturated carbocycles. The maximum absolute atomic E-state index is 6.26. The zero-order valence-electron chi connectivity index (χ0n) is 21.2. The van der Waals surface area contributed by atoms with Crippen molar-refractivity contribution in [2.45, 2.75) is 64.0 Å². The Morgan fingerprint density at radius 2 is 2.03 bits per heavy atom. The molecule has 1 aromatic carbocycles. The number of rotatable bonds is 9. The first-order valence-electron chi connectivity index (χ1n) is 12.6. The van der Waals surface area contributed by atoms with Crippen molar-refractivity contribution in [2.24, 2.45) is 0 Å². The molecule has 3 heterocycles. The summed E-state index contributed by atoms with van der Waals surface area (Å²) in [5.41, 5.74) is 4.38. The van der Waals surface area contributed by atoms with Gasteiger partial charge in [-0.1, -0.05) is 19.6 Å². The van der Waals surface area contributed by atoms with Gasteiger partial charge in [-0.25, -0.2) is 9.97 Å². The Hall–Kier alpha value is -2.29. The molecule has 1 N–H and O–H groups in total. The van der Waals surface area contributed by atoms with Crippen LogP contribution in [0.15, 0.2) is 30.6 Å². The summed E-state index contributed by atoms with van der Waals surface area (Å²) in [4.78, 5) is 11.6. The zero-order chi connectivity index (χ0) is 23.9. The van der Waals surface area contributed by atoms with Gasteiger partial charge in [-0.05, 0) is 38.8 Å². The van der Waals surface area contributed by atoms with Crippen LogP contribution in [0.4, 0.5) is 11.5 Å². The van der Waals surface area contributed by atoms with E-state index >= 15 is 0 Å². The van der Waals surface area contributed by atoms with Gasteiger partial charge in [0.1, 0.15) is 34.8 Å². The molecule has 7 nitrogen and oxygen atoms in total. The van der Waals surface area contributed by atoms with Gasteiger partial charge in [-0.15, -0.1) is 0 Å². The van der Waals surface area contributed by atoms with Crippen molar-refractivity contribution in [3.8, 4) is 5.75 Å². The van der Waals surface area contributed by atoms with E-state index in [0.29, 0.717) is 12.8 Å². The van der Waals surface area contributed by atoms with Crippen molar-refractivity contribution in [1.29, 1.82) is 0 Å². The smallest absolute Gasteiger partial charge is 0.253 e. The summed E-state index contributed by atoms with van der Waals surface area (Å²) < 4.78 is 14.7. The number of nitrogens with zero attached hydrogens (tertiary/aromatic N) is 4. The van der Waals surface area contributed by atoms with Crippen LogP contribution in [-0.4, -0.2) is 72.9 Å². The van der Waals surface area contributed by atoms with E-state index in [9.17, 15) is 0 Å². The molecular formula is C26H38N5O2Si+. The fourth-order valence-corrected chi connectivity index (χ4v) is 5.27. The molecule has 0 spiro atoms. The second-order valence-corrected chi connectivity index (χ2v) is 17.0. The van der Waals surface area contributed by atoms with Gasteiger partial charge < -0.3 is 19.7 Å². The van der Waals surface area contributed by atoms with Crippen molar-refractivity contribution in [3.63, 3.8) is 0 Å². The molecule has 5 rings (SSSR count). The third-order valence-electron chi connectivity index (χ3n) is 6.91. The van der Waals surface area contributed by atoms with Crippen molar-refractivity contribution in [2.75, 3.05) is 37.9 Å². The minimum atomic E-state index is -1.13. The third kappa shape index (κ3) is 5.19. The second kappa shape index (κ2) is 9.05. The summed E-state index contributed by atoms with van der Waals surface area (Å²) in [6, 6.07) is 10.1. The SMILES string of the molecule is CC1CN(c2cc(C3=[N+](COCC[Si](C)(C)C)c4ccc(OC5(C)CC5)cc43)ncn2)CCN1. The highest BCUT2D eigenvalue weighted by Gasteiger charge is 2.42. The van der Waals surface area contributed by atoms with E-state index in [2.05, 4.69) is 82.5 Å². The van der Waals surface area contributed by atoms with Crippen molar-refractivity contribution < 1.29 is 14.0 Å². The van der Waals surface area contributed by atoms with Crippen LogP contribution < -0.4 is 15.0 Å². The number of nitrogens with one attached hydrogen (secondary N) is 1. The maximum atomic E-state index is 6.26. The van der Waals surface area contributed by atoms with Gasteiger partial charge in [0.2, 0.25) is 11.4 Å². The number of hydrogen-bond acceptors (Lipinski definition) is 6. The molecule has 1 aromatic heterocycles. The Morgan fingerprint density at radius 1 is 1.21 bits per heavy atom. The Balaban J connectivity index is 1.42. The summed E-state index contributed by atoms with van der Waals surface area (Å²) in [7, 11) is -1.13. The third-order valence-corrected chi connectivity index (χ3v) is 8.61. The largest absolute Gasteiger partial charge is 0.488 e. The highest BCUT2D eigenvalue weighted by Crippen LogP contribution is 2.42. The molecule has 0 radical (unpaired) electrons. The van der Waals surface area contributed by atoms with Crippen LogP contribution in [0.3, 0.4) is 0 Å². The molecule has 1 saturated heterocycles. The van der Waals surface area contributed by atoms with E-state index in [4.69, 9.17) is 9.47 Å². The van der Waals surface area contributed by atoms with Crippen molar-refractivity contribution in [1.82, 2.24) is 15.3 Å². The van der Waals surface area contributed by atoms with Crippen LogP contribution in [0.5, 0.6) is 5.75 Å². The molecule has 3 aliphatic rings. The minimum Gasteiger partial charge on any atom is -0.488 e. The first-order chi connectivity index (χ1) is 16.2. The molecule has 2 fully saturated rings. The van der Waals surface area contributed by atoms with Crippen LogP contribution in [0.25, 0.3) is 0 Å². The fourth-order valence-electron chi connectivity index (χ4n) is 4.51. The first kappa shape index (κ1) is 23.4. The number of piperazine rings is 1. The number of aromatic nitrogens is 2. The Bertz CT molecular complexity index is 1090. The van der Waals surface area contributed by atoms with E-state index in [1.807, 2.05) is 0 Å². The van der Waals surface area contributed by atoms with Gasteiger partial charge in [0.25, 0.3) is 6.73 Å². The van der Waals surface area contributed by atoms with Crippen LogP contribution in [-0.2, 0) is 4.74 Å². The molecule has 1 aliphatic carbocycles. The highest BCUT2D eigenvalue weighted by molar-refractivity contribution is 6.76. The van der Waals surface area contributed by atoms with E-state index in [1.165, 1.54) is 11.3 Å². The molecule has 2 aliphatic heterocycles. The molecule has 1 atom stereocenters. The van der Waals surface area contributed by atoms with Crippen LogP contribution in [0.2, 0.25) is 25.7 Å². The number of ether oxygens (including phenoxy) is 2. The van der Waals surface area contributed by atoms with E-state index in [0.717, 1.165) is 68.1 Å². The molecule has 34 heavy (non-hydrogen) atoms. The lowest BCUT2D eigenvalue weighted by Gasteiger charge is -2.32. The molecular weight excluding hydrogens is 442 g/mol. The van der Waals surface area contributed by atoms with E-state index < -0.39 is 8.07 Å². The van der Waals surface area contributed by atoms with Crippen LogP contribution in [0, 0.1) is 0 Å². The molecule has 0 amide bonds. The van der Waals surface area contributed by atoms with E-state index in [1.54, 1.807) is 6.33 Å². The summed E-state index contributed by atoms with van der Waals surface area (Å²) >= 11 is 0. The van der Waals surface area contributed by atoms with Gasteiger partial charge in [-0.3, -0.25) is 0 Å². The van der Waals surface area contributed by atoms with Crippen LogP contribution >= 0.6 is 0 Å². The maximum Gasteiger partial charge on any atom is 0.253 e. The lowest BCUT2D eigenvalue weighted by Crippen LogP contribution is -2.49. The summed E-state index contributed by atoms with van der Waals surface area (Å²) in [5.74, 6) is 1.91. The summed E-state index contributed by atoms with van der Waals surface area (Å²) in [6.45, 7) is 15.7. The minimum absolute atomic E-state index is 0.00112. The van der Waals surface area contributed by atoms with Crippen molar-refractivity contribution >= 4 is 25.3 Å². The molecule has 8 heteroatoms. The topological polar surface area (TPSA) is 62.5 Å². The van der Waals surface area contributed by atoms with Crippen molar-refractivity contribution in [3.05, 3.63) is 41.9 Å². The van der Waals surface area contributed by atoms with E-state index in [-0.39, 0.29) is 5.60 Å². The fraction of sp³-hybridized carbons (Fsp3) is 0.577. The van der Waals surface area contributed by atoms with Gasteiger partial charge in [0.05, 0.1) is 6.61 Å². The number of anilines is 1. The Labute approximate surface area is 204 Å². The lowest BCUT2D eigenvalue weighted by molar-refractivity contribution is -0.500. The van der Waals surface area contributed by atoms with Gasteiger partial charge in [-0.2, -0.15) is 4.58 Å². The average molecular weight is 481 g/mol. The number of fused-ring (bicyclic) bond motifs is 1. The standard InChI is InChI=1S/C26H38N5O2Si/c1-19-16-30(11-10-27-19)24-15-22(28-17-29-24)25-21-14-20(33-26(2)8-9-26)6-7-23(21)31(25)18-32-12-13-34(3,4)5/h6-7,14-15,17,19,27H,8-13,16,18H2,1-5H3/q+1. The Morgan fingerprint density at radius 3 is 2.76 bits per heavy atom. The first-order valence-corrected chi connectivity index (χ1v) is 16.3. The normalized spacial score (nSPS) is 21.2. The molecule has 2 aromatic rings. The molecule has 182 valence electrons. The summed E-state index contributed by atoms with van der Waals surface area (Å²) in [6.07, 6.45) is 3.93. The molecule has 0 bridgehead atoms. The number of hydrogen-bond donors (Lipinski definition) is 1. The van der Waals surface area contributed by atoms with Gasteiger partial charge in [0.15, 0.2) is 0 Å². The average Bonchev–Trinajstić information content (AvgIpc) is 3.50. The lowest BCUT2D eigenvalue weighted by atomic mass is 9.97. The quantitative estimate of drug-likeness (QED) is 0.332. The zero-order valence-corrected chi connectivity index (χ0v) is 22.2. The van der Waals surface area contributed by atoms with Crippen LogP contribution in [0.1, 0.15) is 37.9 Å². The highest BCUT2D eigenvalue weighted by atomic mass is 28.3. The monoisotopic (exact) mass is 480 g/mol. The van der Waals surface area contributed by atoms with Gasteiger partial charge in [0, 0.05) is 51.9 Å². The second-order valence-electron chi connectivity index (χ2n) is 11.4. The Kier molecular flexibility index (Phi) is 6.24. The predicted octanol–water partition coefficient (Wildman–Crippen LogP) is 4.01. The van der Waals surface area contributed by atoms with Gasteiger partial charge >= 0.3 is 0 Å². The predicted molar refractivity (Wildman–Crippen MR) is 139 cm³/mol. The number of benzene rings is 1. The summed E-state index contributed by atoms with van der Waals surface area (Å²) in [5, 5.41) is 3.50.